The molecular weight excluding hydrogens is 348 g/mol. The third kappa shape index (κ3) is 3.18. The Hall–Kier alpha value is -3.15. The van der Waals surface area contributed by atoms with E-state index in [2.05, 4.69) is 0 Å². The van der Waals surface area contributed by atoms with Gasteiger partial charge in [-0.15, -0.1) is 0 Å². The third-order valence-corrected chi connectivity index (χ3v) is 4.35. The van der Waals surface area contributed by atoms with Crippen molar-refractivity contribution in [2.45, 2.75) is 13.8 Å². The van der Waals surface area contributed by atoms with Crippen molar-refractivity contribution in [3.8, 4) is 23.0 Å². The van der Waals surface area contributed by atoms with Crippen LogP contribution < -0.4 is 18.9 Å². The van der Waals surface area contributed by atoms with Crippen molar-refractivity contribution in [1.29, 1.82) is 0 Å². The standard InChI is InChI=1S/C21H22O6/c1-5-26-16-8-7-12-9-15(21(22)23)13-10-18(27-6-2)17(24-3)11-14(13)19(12)20(16)25-4/h7-11H,5-6H2,1-4H3,(H,22,23). The summed E-state index contributed by atoms with van der Waals surface area (Å²) >= 11 is 0. The largest absolute Gasteiger partial charge is 0.493 e. The van der Waals surface area contributed by atoms with E-state index in [4.69, 9.17) is 18.9 Å². The first-order valence-corrected chi connectivity index (χ1v) is 8.70. The molecule has 3 aromatic carbocycles. The van der Waals surface area contributed by atoms with E-state index in [1.807, 2.05) is 19.9 Å². The Morgan fingerprint density at radius 1 is 0.889 bits per heavy atom. The van der Waals surface area contributed by atoms with E-state index in [0.717, 1.165) is 10.8 Å². The van der Waals surface area contributed by atoms with Gasteiger partial charge in [-0.05, 0) is 48.9 Å². The van der Waals surface area contributed by atoms with Crippen LogP contribution in [0.4, 0.5) is 0 Å². The third-order valence-electron chi connectivity index (χ3n) is 4.35. The lowest BCUT2D eigenvalue weighted by Gasteiger charge is -2.17. The monoisotopic (exact) mass is 370 g/mol. The lowest BCUT2D eigenvalue weighted by Crippen LogP contribution is -2.02. The van der Waals surface area contributed by atoms with Gasteiger partial charge in [-0.1, -0.05) is 6.07 Å². The molecular formula is C21H22O6. The van der Waals surface area contributed by atoms with Gasteiger partial charge in [-0.3, -0.25) is 0 Å². The number of hydrogen-bond acceptors (Lipinski definition) is 5. The molecule has 0 fully saturated rings. The minimum Gasteiger partial charge on any atom is -0.493 e. The summed E-state index contributed by atoms with van der Waals surface area (Å²) in [5, 5.41) is 12.5. The molecule has 0 unspecified atom stereocenters. The van der Waals surface area contributed by atoms with Crippen molar-refractivity contribution < 1.29 is 28.8 Å². The van der Waals surface area contributed by atoms with Crippen LogP contribution in [-0.4, -0.2) is 38.5 Å². The molecule has 0 bridgehead atoms. The molecule has 0 spiro atoms. The number of carboxylic acids is 1. The maximum atomic E-state index is 11.9. The van der Waals surface area contributed by atoms with Gasteiger partial charge in [0, 0.05) is 10.8 Å². The highest BCUT2D eigenvalue weighted by Gasteiger charge is 2.20. The number of aromatic carboxylic acids is 1. The highest BCUT2D eigenvalue weighted by atomic mass is 16.5. The second-order valence-corrected chi connectivity index (χ2v) is 5.84. The van der Waals surface area contributed by atoms with Crippen LogP contribution in [0, 0.1) is 0 Å². The minimum atomic E-state index is -1.01. The smallest absolute Gasteiger partial charge is 0.336 e. The average Bonchev–Trinajstić information content (AvgIpc) is 2.67. The highest BCUT2D eigenvalue weighted by molar-refractivity contribution is 6.18. The van der Waals surface area contributed by atoms with Crippen LogP contribution in [0.5, 0.6) is 23.0 Å². The van der Waals surface area contributed by atoms with Gasteiger partial charge in [0.05, 0.1) is 33.0 Å². The molecule has 0 aliphatic carbocycles. The second-order valence-electron chi connectivity index (χ2n) is 5.84. The first-order chi connectivity index (χ1) is 13.0. The van der Waals surface area contributed by atoms with E-state index in [1.54, 1.807) is 38.5 Å². The van der Waals surface area contributed by atoms with E-state index in [9.17, 15) is 9.90 Å². The van der Waals surface area contributed by atoms with E-state index in [-0.39, 0.29) is 5.56 Å². The van der Waals surface area contributed by atoms with Gasteiger partial charge in [0.15, 0.2) is 23.0 Å². The Morgan fingerprint density at radius 3 is 2.15 bits per heavy atom. The van der Waals surface area contributed by atoms with E-state index < -0.39 is 5.97 Å². The molecule has 0 aliphatic heterocycles. The Morgan fingerprint density at radius 2 is 1.56 bits per heavy atom. The highest BCUT2D eigenvalue weighted by Crippen LogP contribution is 2.44. The van der Waals surface area contributed by atoms with Gasteiger partial charge in [-0.2, -0.15) is 0 Å². The topological polar surface area (TPSA) is 74.2 Å². The molecule has 0 atom stereocenters. The summed E-state index contributed by atoms with van der Waals surface area (Å²) in [7, 11) is 3.12. The van der Waals surface area contributed by atoms with Gasteiger partial charge < -0.3 is 24.1 Å². The summed E-state index contributed by atoms with van der Waals surface area (Å²) < 4.78 is 22.4. The van der Waals surface area contributed by atoms with E-state index in [1.165, 1.54) is 0 Å². The molecule has 0 aromatic heterocycles. The van der Waals surface area contributed by atoms with E-state index >= 15 is 0 Å². The summed E-state index contributed by atoms with van der Waals surface area (Å²) in [5.74, 6) is 1.17. The van der Waals surface area contributed by atoms with Crippen LogP contribution >= 0.6 is 0 Å². The van der Waals surface area contributed by atoms with E-state index in [0.29, 0.717) is 47.0 Å². The normalized spacial score (nSPS) is 10.8. The fraction of sp³-hybridized carbons (Fsp3) is 0.286. The molecule has 142 valence electrons. The summed E-state index contributed by atoms with van der Waals surface area (Å²) in [4.78, 5) is 11.9. The summed E-state index contributed by atoms with van der Waals surface area (Å²) in [6, 6.07) is 8.74. The molecule has 6 heteroatoms. The second kappa shape index (κ2) is 7.61. The Labute approximate surface area is 157 Å². The number of ether oxygens (including phenoxy) is 4. The van der Waals surface area contributed by atoms with Crippen LogP contribution in [0.15, 0.2) is 30.3 Å². The number of methoxy groups -OCH3 is 2. The fourth-order valence-electron chi connectivity index (χ4n) is 3.28. The van der Waals surface area contributed by atoms with Crippen LogP contribution in [0.2, 0.25) is 0 Å². The fourth-order valence-corrected chi connectivity index (χ4v) is 3.28. The zero-order chi connectivity index (χ0) is 19.6. The van der Waals surface area contributed by atoms with Crippen molar-refractivity contribution in [1.82, 2.24) is 0 Å². The van der Waals surface area contributed by atoms with Crippen LogP contribution in [0.25, 0.3) is 21.5 Å². The van der Waals surface area contributed by atoms with Crippen molar-refractivity contribution in [2.24, 2.45) is 0 Å². The van der Waals surface area contributed by atoms with Gasteiger partial charge in [-0.25, -0.2) is 4.79 Å². The number of carbonyl (C=O) groups is 1. The predicted octanol–water partition coefficient (Wildman–Crippen LogP) is 4.51. The maximum Gasteiger partial charge on any atom is 0.336 e. The van der Waals surface area contributed by atoms with Gasteiger partial charge in [0.25, 0.3) is 0 Å². The molecule has 6 nitrogen and oxygen atoms in total. The van der Waals surface area contributed by atoms with Crippen molar-refractivity contribution in [3.05, 3.63) is 35.9 Å². The zero-order valence-electron chi connectivity index (χ0n) is 15.8. The lowest BCUT2D eigenvalue weighted by molar-refractivity contribution is 0.0699. The van der Waals surface area contributed by atoms with Crippen LogP contribution in [0.3, 0.4) is 0 Å². The lowest BCUT2D eigenvalue weighted by atomic mass is 9.95. The average molecular weight is 370 g/mol. The molecule has 0 saturated carbocycles. The number of hydrogen-bond donors (Lipinski definition) is 1. The van der Waals surface area contributed by atoms with Crippen LogP contribution in [-0.2, 0) is 0 Å². The Balaban J connectivity index is 2.50. The SMILES string of the molecule is CCOc1cc2c(C(=O)O)cc3ccc(OCC)c(OC)c3c2cc1OC. The Kier molecular flexibility index (Phi) is 5.26. The number of benzene rings is 3. The number of rotatable bonds is 7. The first-order valence-electron chi connectivity index (χ1n) is 8.70. The summed E-state index contributed by atoms with van der Waals surface area (Å²) in [5.41, 5.74) is 0.187. The Bertz CT molecular complexity index is 1010. The number of carboxylic acid groups (broad SMARTS) is 1. The van der Waals surface area contributed by atoms with Gasteiger partial charge in [0.1, 0.15) is 0 Å². The van der Waals surface area contributed by atoms with Crippen molar-refractivity contribution >= 4 is 27.5 Å². The molecule has 0 radical (unpaired) electrons. The molecule has 0 saturated heterocycles. The van der Waals surface area contributed by atoms with Gasteiger partial charge >= 0.3 is 5.97 Å². The minimum absolute atomic E-state index is 0.187. The van der Waals surface area contributed by atoms with Crippen molar-refractivity contribution in [3.63, 3.8) is 0 Å². The summed E-state index contributed by atoms with van der Waals surface area (Å²) in [6.07, 6.45) is 0. The predicted molar refractivity (Wildman–Crippen MR) is 104 cm³/mol. The maximum absolute atomic E-state index is 11.9. The van der Waals surface area contributed by atoms with Crippen LogP contribution in [0.1, 0.15) is 24.2 Å². The van der Waals surface area contributed by atoms with Gasteiger partial charge in [0.2, 0.25) is 0 Å². The molecule has 0 aliphatic rings. The van der Waals surface area contributed by atoms with Crippen molar-refractivity contribution in [2.75, 3.05) is 27.4 Å². The quantitative estimate of drug-likeness (QED) is 0.617. The summed E-state index contributed by atoms with van der Waals surface area (Å²) in [6.45, 7) is 4.69. The zero-order valence-corrected chi connectivity index (χ0v) is 15.8. The molecule has 27 heavy (non-hydrogen) atoms. The molecule has 1 N–H and O–H groups in total. The molecule has 0 heterocycles. The number of fused-ring (bicyclic) bond motifs is 3. The molecule has 3 rings (SSSR count). The molecule has 0 amide bonds. The first kappa shape index (κ1) is 18.6. The molecule has 3 aromatic rings.